The van der Waals surface area contributed by atoms with E-state index in [-0.39, 0.29) is 0 Å². The van der Waals surface area contributed by atoms with Crippen LogP contribution < -0.4 is 5.32 Å². The molecular weight excluding hydrogens is 206 g/mol. The van der Waals surface area contributed by atoms with Crippen LogP contribution in [0.3, 0.4) is 0 Å². The molecule has 1 aliphatic rings. The molecule has 16 heavy (non-hydrogen) atoms. The molecule has 1 aliphatic carbocycles. The van der Waals surface area contributed by atoms with E-state index < -0.39 is 0 Å². The molecule has 1 fully saturated rings. The molecule has 6 heteroatoms. The molecule has 1 N–H and O–H groups in total. The predicted molar refractivity (Wildman–Crippen MR) is 57.0 cm³/mol. The van der Waals surface area contributed by atoms with Crippen LogP contribution in [0, 0.1) is 0 Å². The van der Waals surface area contributed by atoms with Crippen molar-refractivity contribution in [3.8, 4) is 0 Å². The van der Waals surface area contributed by atoms with Crippen molar-refractivity contribution in [3.63, 3.8) is 0 Å². The first kappa shape index (κ1) is 9.38. The highest BCUT2D eigenvalue weighted by Crippen LogP contribution is 2.38. The highest BCUT2D eigenvalue weighted by molar-refractivity contribution is 5.20. The summed E-state index contributed by atoms with van der Waals surface area (Å²) >= 11 is 0. The molecule has 0 saturated heterocycles. The standard InChI is InChI=1S/C10H13N5O/c1-2-8(1)9-13-10(16-14-9)12-4-6-15-5-3-11-7-15/h3,5,7-8H,1-2,4,6H2,(H,12,13,14). The van der Waals surface area contributed by atoms with Gasteiger partial charge in [-0.15, -0.1) is 0 Å². The van der Waals surface area contributed by atoms with Gasteiger partial charge in [0.2, 0.25) is 0 Å². The minimum Gasteiger partial charge on any atom is -0.336 e. The Labute approximate surface area is 92.7 Å². The largest absolute Gasteiger partial charge is 0.336 e. The number of nitrogens with one attached hydrogen (secondary N) is 1. The first-order valence-corrected chi connectivity index (χ1v) is 5.45. The molecule has 1 saturated carbocycles. The fraction of sp³-hybridized carbons (Fsp3) is 0.500. The van der Waals surface area contributed by atoms with Gasteiger partial charge in [-0.1, -0.05) is 5.16 Å². The molecule has 2 heterocycles. The molecule has 2 aromatic heterocycles. The van der Waals surface area contributed by atoms with E-state index in [0.717, 1.165) is 18.9 Å². The lowest BCUT2D eigenvalue weighted by atomic mass is 10.4. The fourth-order valence-electron chi connectivity index (χ4n) is 1.52. The Morgan fingerprint density at radius 3 is 3.19 bits per heavy atom. The second kappa shape index (κ2) is 3.96. The van der Waals surface area contributed by atoms with Crippen molar-refractivity contribution >= 4 is 6.01 Å². The lowest BCUT2D eigenvalue weighted by molar-refractivity contribution is 0.422. The minimum atomic E-state index is 0.516. The van der Waals surface area contributed by atoms with E-state index in [1.165, 1.54) is 12.8 Å². The molecule has 0 atom stereocenters. The van der Waals surface area contributed by atoms with Gasteiger partial charge >= 0.3 is 6.01 Å². The van der Waals surface area contributed by atoms with Crippen molar-refractivity contribution in [2.45, 2.75) is 25.3 Å². The van der Waals surface area contributed by atoms with E-state index in [9.17, 15) is 0 Å². The fourth-order valence-corrected chi connectivity index (χ4v) is 1.52. The van der Waals surface area contributed by atoms with Gasteiger partial charge in [0.1, 0.15) is 0 Å². The molecule has 0 aromatic carbocycles. The number of anilines is 1. The van der Waals surface area contributed by atoms with E-state index in [1.54, 1.807) is 12.5 Å². The minimum absolute atomic E-state index is 0.516. The van der Waals surface area contributed by atoms with Crippen LogP contribution in [0.1, 0.15) is 24.6 Å². The average Bonchev–Trinajstić information content (AvgIpc) is 2.83. The smallest absolute Gasteiger partial charge is 0.321 e. The zero-order valence-electron chi connectivity index (χ0n) is 8.83. The Morgan fingerprint density at radius 1 is 1.50 bits per heavy atom. The summed E-state index contributed by atoms with van der Waals surface area (Å²) < 4.78 is 7.08. The van der Waals surface area contributed by atoms with Crippen LogP contribution in [-0.2, 0) is 6.54 Å². The lowest BCUT2D eigenvalue weighted by Gasteiger charge is -2.01. The summed E-state index contributed by atoms with van der Waals surface area (Å²) in [5.74, 6) is 1.37. The molecule has 2 aromatic rings. The maximum Gasteiger partial charge on any atom is 0.321 e. The summed E-state index contributed by atoms with van der Waals surface area (Å²) in [5.41, 5.74) is 0. The van der Waals surface area contributed by atoms with Gasteiger partial charge in [-0.2, -0.15) is 4.98 Å². The van der Waals surface area contributed by atoms with Crippen molar-refractivity contribution in [2.24, 2.45) is 0 Å². The predicted octanol–water partition coefficient (Wildman–Crippen LogP) is 1.26. The number of aromatic nitrogens is 4. The van der Waals surface area contributed by atoms with Gasteiger partial charge in [-0.05, 0) is 12.8 Å². The van der Waals surface area contributed by atoms with Gasteiger partial charge in [0, 0.05) is 31.4 Å². The van der Waals surface area contributed by atoms with E-state index >= 15 is 0 Å². The molecule has 0 aliphatic heterocycles. The molecule has 0 spiro atoms. The first-order valence-electron chi connectivity index (χ1n) is 5.45. The lowest BCUT2D eigenvalue weighted by Crippen LogP contribution is -2.09. The normalized spacial score (nSPS) is 15.2. The van der Waals surface area contributed by atoms with Crippen LogP contribution in [0.2, 0.25) is 0 Å². The summed E-state index contributed by atoms with van der Waals surface area (Å²) in [6.07, 6.45) is 7.84. The highest BCUT2D eigenvalue weighted by Gasteiger charge is 2.28. The van der Waals surface area contributed by atoms with Gasteiger partial charge in [-0.3, -0.25) is 0 Å². The van der Waals surface area contributed by atoms with Crippen molar-refractivity contribution in [2.75, 3.05) is 11.9 Å². The number of nitrogens with zero attached hydrogens (tertiary/aromatic N) is 4. The van der Waals surface area contributed by atoms with Gasteiger partial charge in [-0.25, -0.2) is 4.98 Å². The molecule has 84 valence electrons. The Kier molecular flexibility index (Phi) is 2.32. The summed E-state index contributed by atoms with van der Waals surface area (Å²) in [6, 6.07) is 0.516. The Hall–Kier alpha value is -1.85. The van der Waals surface area contributed by atoms with E-state index in [0.29, 0.717) is 11.9 Å². The van der Waals surface area contributed by atoms with Crippen molar-refractivity contribution in [1.29, 1.82) is 0 Å². The quantitative estimate of drug-likeness (QED) is 0.819. The third-order valence-corrected chi connectivity index (χ3v) is 2.59. The van der Waals surface area contributed by atoms with Gasteiger partial charge in [0.15, 0.2) is 5.82 Å². The maximum absolute atomic E-state index is 5.09. The molecular formula is C10H13N5O. The number of imidazole rings is 1. The van der Waals surface area contributed by atoms with Crippen LogP contribution in [0.25, 0.3) is 0 Å². The first-order chi connectivity index (χ1) is 7.92. The third-order valence-electron chi connectivity index (χ3n) is 2.59. The van der Waals surface area contributed by atoms with Crippen LogP contribution >= 0.6 is 0 Å². The molecule has 3 rings (SSSR count). The van der Waals surface area contributed by atoms with Crippen molar-refractivity contribution in [3.05, 3.63) is 24.5 Å². The zero-order valence-corrected chi connectivity index (χ0v) is 8.83. The summed E-state index contributed by atoms with van der Waals surface area (Å²) in [4.78, 5) is 8.24. The van der Waals surface area contributed by atoms with Crippen LogP contribution in [0.5, 0.6) is 0 Å². The van der Waals surface area contributed by atoms with Crippen LogP contribution in [0.15, 0.2) is 23.2 Å². The topological polar surface area (TPSA) is 68.8 Å². The Balaban J connectivity index is 1.50. The van der Waals surface area contributed by atoms with Crippen molar-refractivity contribution in [1.82, 2.24) is 19.7 Å². The van der Waals surface area contributed by atoms with Crippen LogP contribution in [0.4, 0.5) is 6.01 Å². The highest BCUT2D eigenvalue weighted by atomic mass is 16.5. The summed E-state index contributed by atoms with van der Waals surface area (Å²) in [5, 5.41) is 7.02. The maximum atomic E-state index is 5.09. The van der Waals surface area contributed by atoms with Crippen molar-refractivity contribution < 1.29 is 4.52 Å². The van der Waals surface area contributed by atoms with Crippen LogP contribution in [-0.4, -0.2) is 26.2 Å². The van der Waals surface area contributed by atoms with Gasteiger partial charge in [0.25, 0.3) is 0 Å². The molecule has 0 unspecified atom stereocenters. The monoisotopic (exact) mass is 219 g/mol. The molecule has 6 nitrogen and oxygen atoms in total. The van der Waals surface area contributed by atoms with Gasteiger partial charge < -0.3 is 14.4 Å². The Bertz CT molecular complexity index is 445. The Morgan fingerprint density at radius 2 is 2.44 bits per heavy atom. The van der Waals surface area contributed by atoms with E-state index in [4.69, 9.17) is 4.52 Å². The summed E-state index contributed by atoms with van der Waals surface area (Å²) in [7, 11) is 0. The van der Waals surface area contributed by atoms with E-state index in [1.807, 2.05) is 10.8 Å². The number of rotatable bonds is 5. The second-order valence-corrected chi connectivity index (χ2v) is 3.96. The van der Waals surface area contributed by atoms with E-state index in [2.05, 4.69) is 20.4 Å². The summed E-state index contributed by atoms with van der Waals surface area (Å²) in [6.45, 7) is 1.59. The zero-order chi connectivity index (χ0) is 10.8. The second-order valence-electron chi connectivity index (χ2n) is 3.96. The SMILES string of the molecule is c1cn(CCNc2nc(C3CC3)no2)cn1. The molecule has 0 bridgehead atoms. The number of hydrogen-bond acceptors (Lipinski definition) is 5. The molecule has 0 radical (unpaired) electrons. The number of hydrogen-bond donors (Lipinski definition) is 1. The van der Waals surface area contributed by atoms with Gasteiger partial charge in [0.05, 0.1) is 6.33 Å². The third kappa shape index (κ3) is 2.05. The average molecular weight is 219 g/mol. The molecule has 0 amide bonds.